The summed E-state index contributed by atoms with van der Waals surface area (Å²) in [4.78, 5) is 31.9. The van der Waals surface area contributed by atoms with Crippen LogP contribution >= 0.6 is 0 Å². The second kappa shape index (κ2) is 9.07. The van der Waals surface area contributed by atoms with E-state index in [0.717, 1.165) is 6.07 Å². The van der Waals surface area contributed by atoms with Gasteiger partial charge in [0.05, 0.1) is 20.4 Å². The first-order valence-electron chi connectivity index (χ1n) is 8.14. The van der Waals surface area contributed by atoms with Crippen molar-refractivity contribution >= 4 is 33.1 Å². The number of carbonyl (C=O) groups excluding carboxylic acids is 1. The molecule has 0 spiro atoms. The Kier molecular flexibility index (Phi) is 6.80. The maximum Gasteiger partial charge on any atom is 0.319 e. The van der Waals surface area contributed by atoms with Crippen molar-refractivity contribution in [3.05, 3.63) is 68.3 Å². The van der Waals surface area contributed by atoms with Gasteiger partial charge in [0.25, 0.3) is 11.4 Å². The second-order valence-corrected chi connectivity index (χ2v) is 7.56. The molecule has 0 heterocycles. The SMILES string of the molecule is Cc1ccc([N+](=O)[O-])cc1NC(=O)NCCNS(=O)(=O)c1cccc([N+](=O)[O-])c1. The third-order valence-electron chi connectivity index (χ3n) is 3.72. The first kappa shape index (κ1) is 21.7. The lowest BCUT2D eigenvalue weighted by molar-refractivity contribution is -0.385. The number of urea groups is 1. The molecule has 0 atom stereocenters. The first-order chi connectivity index (χ1) is 13.6. The minimum absolute atomic E-state index is 0.0893. The molecule has 29 heavy (non-hydrogen) atoms. The van der Waals surface area contributed by atoms with Gasteiger partial charge in [-0.15, -0.1) is 0 Å². The van der Waals surface area contributed by atoms with Gasteiger partial charge in [0.15, 0.2) is 0 Å². The molecule has 0 radical (unpaired) electrons. The minimum Gasteiger partial charge on any atom is -0.337 e. The molecule has 0 unspecified atom stereocenters. The lowest BCUT2D eigenvalue weighted by Gasteiger charge is -2.10. The van der Waals surface area contributed by atoms with Gasteiger partial charge in [-0.05, 0) is 18.6 Å². The number of aryl methyl sites for hydroxylation is 1. The highest BCUT2D eigenvalue weighted by atomic mass is 32.2. The summed E-state index contributed by atoms with van der Waals surface area (Å²) in [5.74, 6) is 0. The van der Waals surface area contributed by atoms with E-state index in [1.54, 1.807) is 6.92 Å². The number of nitrogens with zero attached hydrogens (tertiary/aromatic N) is 2. The molecule has 0 aliphatic rings. The van der Waals surface area contributed by atoms with E-state index in [1.165, 1.54) is 36.4 Å². The fraction of sp³-hybridized carbons (Fsp3) is 0.188. The Balaban J connectivity index is 1.89. The number of nitro groups is 2. The molecule has 154 valence electrons. The van der Waals surface area contributed by atoms with E-state index in [-0.39, 0.29) is 35.0 Å². The molecule has 2 amide bonds. The third kappa shape index (κ3) is 5.95. The molecule has 0 aromatic heterocycles. The summed E-state index contributed by atoms with van der Waals surface area (Å²) in [5.41, 5.74) is 0.305. The van der Waals surface area contributed by atoms with Gasteiger partial charge < -0.3 is 10.6 Å². The highest BCUT2D eigenvalue weighted by Crippen LogP contribution is 2.21. The number of hydrogen-bond acceptors (Lipinski definition) is 7. The van der Waals surface area contributed by atoms with Crippen molar-refractivity contribution < 1.29 is 23.1 Å². The van der Waals surface area contributed by atoms with Gasteiger partial charge >= 0.3 is 6.03 Å². The van der Waals surface area contributed by atoms with Crippen LogP contribution in [0.15, 0.2) is 47.4 Å². The number of benzene rings is 2. The average Bonchev–Trinajstić information content (AvgIpc) is 2.67. The van der Waals surface area contributed by atoms with Crippen LogP contribution in [0.25, 0.3) is 0 Å². The molecular formula is C16H17N5O7S. The van der Waals surface area contributed by atoms with Crippen molar-refractivity contribution in [2.45, 2.75) is 11.8 Å². The highest BCUT2D eigenvalue weighted by molar-refractivity contribution is 7.89. The lowest BCUT2D eigenvalue weighted by atomic mass is 10.2. The Morgan fingerprint density at radius 2 is 1.66 bits per heavy atom. The van der Waals surface area contributed by atoms with Gasteiger partial charge in [-0.25, -0.2) is 17.9 Å². The molecule has 12 nitrogen and oxygen atoms in total. The van der Waals surface area contributed by atoms with Crippen molar-refractivity contribution in [3.63, 3.8) is 0 Å². The Bertz CT molecular complexity index is 1060. The summed E-state index contributed by atoms with van der Waals surface area (Å²) in [7, 11) is -4.00. The standard InChI is InChI=1S/C16H17N5O7S/c1-11-5-6-13(21(25)26)10-15(11)19-16(22)17-7-8-18-29(27,28)14-4-2-3-12(9-14)20(23)24/h2-6,9-10,18H,7-8H2,1H3,(H2,17,19,22). The summed E-state index contributed by atoms with van der Waals surface area (Å²) in [6.45, 7) is 1.40. The molecule has 0 aliphatic carbocycles. The summed E-state index contributed by atoms with van der Waals surface area (Å²) in [6.07, 6.45) is 0. The number of nitro benzene ring substituents is 2. The van der Waals surface area contributed by atoms with Gasteiger partial charge in [0, 0.05) is 37.4 Å². The van der Waals surface area contributed by atoms with Crippen LogP contribution in [0, 0.1) is 27.2 Å². The Morgan fingerprint density at radius 3 is 2.31 bits per heavy atom. The normalized spacial score (nSPS) is 10.9. The number of sulfonamides is 1. The molecule has 0 saturated carbocycles. The van der Waals surface area contributed by atoms with Crippen molar-refractivity contribution in [1.82, 2.24) is 10.0 Å². The van der Waals surface area contributed by atoms with E-state index in [9.17, 15) is 33.4 Å². The zero-order valence-corrected chi connectivity index (χ0v) is 15.9. The predicted octanol–water partition coefficient (Wildman–Crippen LogP) is 1.91. The van der Waals surface area contributed by atoms with Gasteiger partial charge in [0.2, 0.25) is 10.0 Å². The number of rotatable bonds is 8. The molecule has 0 aliphatic heterocycles. The van der Waals surface area contributed by atoms with E-state index in [4.69, 9.17) is 0 Å². The van der Waals surface area contributed by atoms with Crippen molar-refractivity contribution in [3.8, 4) is 0 Å². The molecule has 3 N–H and O–H groups in total. The summed E-state index contributed by atoms with van der Waals surface area (Å²) in [5, 5.41) is 26.4. The fourth-order valence-electron chi connectivity index (χ4n) is 2.23. The van der Waals surface area contributed by atoms with E-state index in [1.807, 2.05) is 0 Å². The molecular weight excluding hydrogens is 406 g/mol. The number of non-ortho nitro benzene ring substituents is 2. The van der Waals surface area contributed by atoms with Crippen LogP contribution in [0.4, 0.5) is 21.9 Å². The predicted molar refractivity (Wildman–Crippen MR) is 103 cm³/mol. The Morgan fingerprint density at radius 1 is 1.00 bits per heavy atom. The molecule has 0 saturated heterocycles. The molecule has 0 bridgehead atoms. The highest BCUT2D eigenvalue weighted by Gasteiger charge is 2.17. The fourth-order valence-corrected chi connectivity index (χ4v) is 3.30. The summed E-state index contributed by atoms with van der Waals surface area (Å²) in [6, 6.07) is 7.87. The van der Waals surface area contributed by atoms with Crippen LogP contribution in [0.5, 0.6) is 0 Å². The maximum atomic E-state index is 12.2. The summed E-state index contributed by atoms with van der Waals surface area (Å²) < 4.78 is 26.5. The molecule has 2 aromatic carbocycles. The smallest absolute Gasteiger partial charge is 0.319 e. The van der Waals surface area contributed by atoms with E-state index in [2.05, 4.69) is 15.4 Å². The zero-order chi connectivity index (χ0) is 21.6. The van der Waals surface area contributed by atoms with Gasteiger partial charge in [-0.2, -0.15) is 0 Å². The minimum atomic E-state index is -4.00. The molecule has 0 fully saturated rings. The van der Waals surface area contributed by atoms with Gasteiger partial charge in [-0.1, -0.05) is 12.1 Å². The number of carbonyl (C=O) groups is 1. The van der Waals surface area contributed by atoms with Gasteiger partial charge in [-0.3, -0.25) is 20.2 Å². The zero-order valence-electron chi connectivity index (χ0n) is 15.1. The van der Waals surface area contributed by atoms with Crippen molar-refractivity contribution in [2.24, 2.45) is 0 Å². The first-order valence-corrected chi connectivity index (χ1v) is 9.62. The van der Waals surface area contributed by atoms with E-state index < -0.39 is 25.9 Å². The number of amides is 2. The van der Waals surface area contributed by atoms with E-state index >= 15 is 0 Å². The summed E-state index contributed by atoms with van der Waals surface area (Å²) >= 11 is 0. The number of hydrogen-bond donors (Lipinski definition) is 3. The van der Waals surface area contributed by atoms with Crippen molar-refractivity contribution in [1.29, 1.82) is 0 Å². The van der Waals surface area contributed by atoms with Crippen LogP contribution in [0.1, 0.15) is 5.56 Å². The molecule has 13 heteroatoms. The lowest BCUT2D eigenvalue weighted by Crippen LogP contribution is -2.36. The largest absolute Gasteiger partial charge is 0.337 e. The monoisotopic (exact) mass is 423 g/mol. The number of nitrogens with one attached hydrogen (secondary N) is 3. The van der Waals surface area contributed by atoms with Crippen molar-refractivity contribution in [2.75, 3.05) is 18.4 Å². The third-order valence-corrected chi connectivity index (χ3v) is 5.18. The van der Waals surface area contributed by atoms with Crippen LogP contribution < -0.4 is 15.4 Å². The second-order valence-electron chi connectivity index (χ2n) is 5.79. The quantitative estimate of drug-likeness (QED) is 0.330. The van der Waals surface area contributed by atoms with Crippen LogP contribution in [-0.4, -0.2) is 37.4 Å². The Hall–Kier alpha value is -3.58. The van der Waals surface area contributed by atoms with Crippen LogP contribution in [-0.2, 0) is 10.0 Å². The topological polar surface area (TPSA) is 174 Å². The number of anilines is 1. The van der Waals surface area contributed by atoms with Crippen LogP contribution in [0.2, 0.25) is 0 Å². The van der Waals surface area contributed by atoms with Gasteiger partial charge in [0.1, 0.15) is 0 Å². The molecule has 2 rings (SSSR count). The molecule has 2 aromatic rings. The maximum absolute atomic E-state index is 12.2. The van der Waals surface area contributed by atoms with Crippen LogP contribution in [0.3, 0.4) is 0 Å². The van der Waals surface area contributed by atoms with E-state index in [0.29, 0.717) is 5.56 Å². The average molecular weight is 423 g/mol. The Labute approximate surface area is 165 Å².